The van der Waals surface area contributed by atoms with Crippen LogP contribution in [-0.2, 0) is 9.53 Å². The molecule has 5 nitrogen and oxygen atoms in total. The van der Waals surface area contributed by atoms with E-state index in [9.17, 15) is 4.79 Å². The van der Waals surface area contributed by atoms with E-state index in [1.165, 1.54) is 0 Å². The van der Waals surface area contributed by atoms with Gasteiger partial charge in [0.1, 0.15) is 0 Å². The lowest BCUT2D eigenvalue weighted by Crippen LogP contribution is -2.50. The van der Waals surface area contributed by atoms with Crippen LogP contribution in [0, 0.1) is 0 Å². The number of rotatable bonds is 7. The molecule has 1 aliphatic heterocycles. The van der Waals surface area contributed by atoms with Gasteiger partial charge in [0.15, 0.2) is 0 Å². The quantitative estimate of drug-likeness (QED) is 0.742. The normalized spacial score (nSPS) is 19.4. The lowest BCUT2D eigenvalue weighted by molar-refractivity contribution is -0.137. The molecule has 1 fully saturated rings. The van der Waals surface area contributed by atoms with Gasteiger partial charge in [0.25, 0.3) is 0 Å². The minimum absolute atomic E-state index is 0.0429. The van der Waals surface area contributed by atoms with Crippen molar-refractivity contribution < 1.29 is 14.6 Å². The zero-order valence-corrected chi connectivity index (χ0v) is 12.5. The molecule has 1 N–H and O–H groups in total. The maximum Gasteiger partial charge on any atom is 0.239 e. The average Bonchev–Trinajstić information content (AvgIpc) is 2.46. The highest BCUT2D eigenvalue weighted by molar-refractivity contribution is 5.81. The standard InChI is InChI=1S/C14H28N2O3/c1-4-15(5-2)14(18)12(3)16-8-6-13(7-9-16)19-11-10-17/h12-13,17H,4-11H2,1-3H3. The first kappa shape index (κ1) is 16.4. The summed E-state index contributed by atoms with van der Waals surface area (Å²) in [7, 11) is 0. The molecule has 1 amide bonds. The Morgan fingerprint density at radius 1 is 1.37 bits per heavy atom. The minimum Gasteiger partial charge on any atom is -0.394 e. The Balaban J connectivity index is 2.39. The van der Waals surface area contributed by atoms with E-state index in [-0.39, 0.29) is 24.7 Å². The number of likely N-dealkylation sites (N-methyl/N-ethyl adjacent to an activating group) is 1. The molecule has 1 aliphatic rings. The van der Waals surface area contributed by atoms with Gasteiger partial charge in [-0.1, -0.05) is 0 Å². The second-order valence-electron chi connectivity index (χ2n) is 5.02. The first-order valence-corrected chi connectivity index (χ1v) is 7.39. The van der Waals surface area contributed by atoms with Crippen molar-refractivity contribution in [1.82, 2.24) is 9.80 Å². The number of ether oxygens (including phenoxy) is 1. The molecule has 0 aromatic heterocycles. The van der Waals surface area contributed by atoms with E-state index in [0.717, 1.165) is 39.0 Å². The second-order valence-corrected chi connectivity index (χ2v) is 5.02. The van der Waals surface area contributed by atoms with E-state index in [1.54, 1.807) is 0 Å². The van der Waals surface area contributed by atoms with Crippen LogP contribution in [0.2, 0.25) is 0 Å². The third kappa shape index (κ3) is 4.75. The Morgan fingerprint density at radius 2 is 1.95 bits per heavy atom. The van der Waals surface area contributed by atoms with Crippen molar-refractivity contribution >= 4 is 5.91 Å². The van der Waals surface area contributed by atoms with Crippen molar-refractivity contribution in [3.8, 4) is 0 Å². The molecule has 0 aromatic rings. The number of aliphatic hydroxyl groups excluding tert-OH is 1. The number of hydrogen-bond acceptors (Lipinski definition) is 4. The lowest BCUT2D eigenvalue weighted by Gasteiger charge is -2.36. The molecule has 112 valence electrons. The predicted octanol–water partition coefficient (Wildman–Crippen LogP) is 0.717. The number of piperidine rings is 1. The van der Waals surface area contributed by atoms with Gasteiger partial charge < -0.3 is 14.7 Å². The summed E-state index contributed by atoms with van der Waals surface area (Å²) < 4.78 is 5.54. The predicted molar refractivity (Wildman–Crippen MR) is 75.0 cm³/mol. The topological polar surface area (TPSA) is 53.0 Å². The van der Waals surface area contributed by atoms with Crippen LogP contribution in [0.5, 0.6) is 0 Å². The molecule has 0 spiro atoms. The molecule has 1 unspecified atom stereocenters. The van der Waals surface area contributed by atoms with Gasteiger partial charge in [-0.05, 0) is 33.6 Å². The number of carbonyl (C=O) groups is 1. The van der Waals surface area contributed by atoms with Crippen molar-refractivity contribution in [3.05, 3.63) is 0 Å². The molecule has 5 heteroatoms. The monoisotopic (exact) mass is 272 g/mol. The maximum atomic E-state index is 12.3. The zero-order chi connectivity index (χ0) is 14.3. The Labute approximate surface area is 116 Å². The largest absolute Gasteiger partial charge is 0.394 e. The Morgan fingerprint density at radius 3 is 2.42 bits per heavy atom. The highest BCUT2D eigenvalue weighted by Crippen LogP contribution is 2.17. The summed E-state index contributed by atoms with van der Waals surface area (Å²) in [6, 6.07) is -0.0429. The zero-order valence-electron chi connectivity index (χ0n) is 12.5. The minimum atomic E-state index is -0.0429. The highest BCUT2D eigenvalue weighted by Gasteiger charge is 2.28. The van der Waals surface area contributed by atoms with Crippen molar-refractivity contribution in [3.63, 3.8) is 0 Å². The Hall–Kier alpha value is -0.650. The molecule has 0 bridgehead atoms. The van der Waals surface area contributed by atoms with E-state index < -0.39 is 0 Å². The maximum absolute atomic E-state index is 12.3. The fraction of sp³-hybridized carbons (Fsp3) is 0.929. The molecular weight excluding hydrogens is 244 g/mol. The van der Waals surface area contributed by atoms with Gasteiger partial charge in [0.2, 0.25) is 5.91 Å². The molecule has 1 heterocycles. The van der Waals surface area contributed by atoms with Gasteiger partial charge in [-0.2, -0.15) is 0 Å². The van der Waals surface area contributed by atoms with Crippen LogP contribution < -0.4 is 0 Å². The molecule has 0 aromatic carbocycles. The number of hydrogen-bond donors (Lipinski definition) is 1. The van der Waals surface area contributed by atoms with Crippen LogP contribution in [-0.4, -0.2) is 72.4 Å². The summed E-state index contributed by atoms with van der Waals surface area (Å²) >= 11 is 0. The van der Waals surface area contributed by atoms with Gasteiger partial charge >= 0.3 is 0 Å². The molecule has 0 saturated carbocycles. The molecule has 1 rings (SSSR count). The first-order valence-electron chi connectivity index (χ1n) is 7.39. The van der Waals surface area contributed by atoms with E-state index in [4.69, 9.17) is 9.84 Å². The molecular formula is C14H28N2O3. The third-order valence-electron chi connectivity index (χ3n) is 3.90. The summed E-state index contributed by atoms with van der Waals surface area (Å²) in [6.45, 7) is 9.86. The Bertz CT molecular complexity index is 261. The highest BCUT2D eigenvalue weighted by atomic mass is 16.5. The third-order valence-corrected chi connectivity index (χ3v) is 3.90. The molecule has 19 heavy (non-hydrogen) atoms. The van der Waals surface area contributed by atoms with Gasteiger partial charge in [-0.3, -0.25) is 9.69 Å². The van der Waals surface area contributed by atoms with Crippen LogP contribution in [0.25, 0.3) is 0 Å². The van der Waals surface area contributed by atoms with Crippen LogP contribution in [0.1, 0.15) is 33.6 Å². The number of aliphatic hydroxyl groups is 1. The van der Waals surface area contributed by atoms with Crippen LogP contribution in [0.15, 0.2) is 0 Å². The molecule has 0 aliphatic carbocycles. The molecule has 1 atom stereocenters. The second kappa shape index (κ2) is 8.51. The van der Waals surface area contributed by atoms with Crippen molar-refractivity contribution in [2.45, 2.75) is 45.8 Å². The van der Waals surface area contributed by atoms with Crippen molar-refractivity contribution in [2.24, 2.45) is 0 Å². The smallest absolute Gasteiger partial charge is 0.239 e. The number of carbonyl (C=O) groups excluding carboxylic acids is 1. The Kier molecular flexibility index (Phi) is 7.34. The SMILES string of the molecule is CCN(CC)C(=O)C(C)N1CCC(OCCO)CC1. The number of likely N-dealkylation sites (tertiary alicyclic amines) is 1. The summed E-state index contributed by atoms with van der Waals surface area (Å²) in [5, 5.41) is 8.74. The van der Waals surface area contributed by atoms with Crippen LogP contribution >= 0.6 is 0 Å². The fourth-order valence-electron chi connectivity index (χ4n) is 2.60. The fourth-order valence-corrected chi connectivity index (χ4v) is 2.60. The molecule has 0 radical (unpaired) electrons. The number of nitrogens with zero attached hydrogens (tertiary/aromatic N) is 2. The number of amides is 1. The van der Waals surface area contributed by atoms with Crippen molar-refractivity contribution in [2.75, 3.05) is 39.4 Å². The van der Waals surface area contributed by atoms with Gasteiger partial charge in [0, 0.05) is 26.2 Å². The summed E-state index contributed by atoms with van der Waals surface area (Å²) in [4.78, 5) is 16.4. The van der Waals surface area contributed by atoms with Crippen molar-refractivity contribution in [1.29, 1.82) is 0 Å². The first-order chi connectivity index (χ1) is 9.13. The summed E-state index contributed by atoms with van der Waals surface area (Å²) in [5.74, 6) is 0.222. The summed E-state index contributed by atoms with van der Waals surface area (Å²) in [5.41, 5.74) is 0. The van der Waals surface area contributed by atoms with E-state index in [0.29, 0.717) is 6.61 Å². The van der Waals surface area contributed by atoms with Crippen LogP contribution in [0.3, 0.4) is 0 Å². The summed E-state index contributed by atoms with van der Waals surface area (Å²) in [6.07, 6.45) is 2.12. The van der Waals surface area contributed by atoms with Gasteiger partial charge in [0.05, 0.1) is 25.4 Å². The lowest BCUT2D eigenvalue weighted by atomic mass is 10.1. The van der Waals surface area contributed by atoms with Crippen LogP contribution in [0.4, 0.5) is 0 Å². The van der Waals surface area contributed by atoms with E-state index in [1.807, 2.05) is 25.7 Å². The average molecular weight is 272 g/mol. The molecule has 1 saturated heterocycles. The van der Waals surface area contributed by atoms with E-state index in [2.05, 4.69) is 4.90 Å². The van der Waals surface area contributed by atoms with E-state index >= 15 is 0 Å². The van der Waals surface area contributed by atoms with Gasteiger partial charge in [-0.25, -0.2) is 0 Å². The van der Waals surface area contributed by atoms with Gasteiger partial charge in [-0.15, -0.1) is 0 Å².